The van der Waals surface area contributed by atoms with Crippen LogP contribution in [0, 0.1) is 10.1 Å². The zero-order valence-corrected chi connectivity index (χ0v) is 17.5. The van der Waals surface area contributed by atoms with Crippen molar-refractivity contribution in [3.05, 3.63) is 80.6 Å². The van der Waals surface area contributed by atoms with Crippen molar-refractivity contribution < 1.29 is 18.9 Å². The molecule has 4 aromatic rings. The van der Waals surface area contributed by atoms with E-state index in [2.05, 4.69) is 15.2 Å². The summed E-state index contributed by atoms with van der Waals surface area (Å²) in [5.41, 5.74) is 1.41. The molecule has 0 N–H and O–H groups in total. The first-order valence-corrected chi connectivity index (χ1v) is 10.2. The molecule has 0 aliphatic rings. The van der Waals surface area contributed by atoms with Crippen LogP contribution in [-0.2, 0) is 4.74 Å². The fourth-order valence-corrected chi connectivity index (χ4v) is 3.61. The van der Waals surface area contributed by atoms with E-state index in [0.29, 0.717) is 15.6 Å². The number of nitro groups is 1. The number of halogens is 1. The molecule has 1 atom stereocenters. The van der Waals surface area contributed by atoms with Crippen molar-refractivity contribution in [3.63, 3.8) is 0 Å². The van der Waals surface area contributed by atoms with Crippen molar-refractivity contribution in [2.24, 2.45) is 0 Å². The van der Waals surface area contributed by atoms with Crippen molar-refractivity contribution in [1.82, 2.24) is 15.2 Å². The van der Waals surface area contributed by atoms with Gasteiger partial charge in [0.05, 0.1) is 4.92 Å². The molecule has 0 saturated heterocycles. The first-order valence-electron chi connectivity index (χ1n) is 8.91. The second-order valence-corrected chi connectivity index (χ2v) is 7.64. The minimum atomic E-state index is -0.817. The zero-order chi connectivity index (χ0) is 22.0. The van der Waals surface area contributed by atoms with Gasteiger partial charge in [0.25, 0.3) is 11.6 Å². The van der Waals surface area contributed by atoms with Gasteiger partial charge >= 0.3 is 5.97 Å². The van der Waals surface area contributed by atoms with Crippen LogP contribution in [0.1, 0.15) is 29.4 Å². The highest BCUT2D eigenvalue weighted by Crippen LogP contribution is 2.28. The number of nitro benzene ring substituents is 1. The van der Waals surface area contributed by atoms with Crippen molar-refractivity contribution in [2.75, 3.05) is 0 Å². The van der Waals surface area contributed by atoms with Crippen LogP contribution >= 0.6 is 22.9 Å². The van der Waals surface area contributed by atoms with E-state index in [1.807, 2.05) is 6.07 Å². The summed E-state index contributed by atoms with van der Waals surface area (Å²) in [7, 11) is 0. The highest BCUT2D eigenvalue weighted by Gasteiger charge is 2.22. The molecule has 2 aromatic carbocycles. The van der Waals surface area contributed by atoms with Crippen LogP contribution in [0.5, 0.6) is 0 Å². The number of non-ortho nitro benzene ring substituents is 1. The molecule has 2 aromatic heterocycles. The van der Waals surface area contributed by atoms with Crippen molar-refractivity contribution in [2.45, 2.75) is 13.0 Å². The van der Waals surface area contributed by atoms with Crippen LogP contribution in [0.2, 0.25) is 5.02 Å². The summed E-state index contributed by atoms with van der Waals surface area (Å²) in [5.74, 6) is -0.385. The van der Waals surface area contributed by atoms with Gasteiger partial charge in [-0.15, -0.1) is 21.5 Å². The lowest BCUT2D eigenvalue weighted by atomic mass is 10.2. The summed E-state index contributed by atoms with van der Waals surface area (Å²) in [6, 6.07) is 12.8. The maximum absolute atomic E-state index is 12.5. The lowest BCUT2D eigenvalue weighted by Crippen LogP contribution is -2.10. The molecule has 0 saturated carbocycles. The molecule has 0 fully saturated rings. The second kappa shape index (κ2) is 8.62. The lowest BCUT2D eigenvalue weighted by molar-refractivity contribution is -0.384. The van der Waals surface area contributed by atoms with Gasteiger partial charge in [-0.05, 0) is 31.2 Å². The van der Waals surface area contributed by atoms with Crippen LogP contribution < -0.4 is 0 Å². The minimum absolute atomic E-state index is 0.0498. The van der Waals surface area contributed by atoms with E-state index in [0.717, 1.165) is 5.56 Å². The normalized spacial score (nSPS) is 11.8. The molecule has 4 rings (SSSR count). The maximum Gasteiger partial charge on any atom is 0.358 e. The molecule has 0 spiro atoms. The van der Waals surface area contributed by atoms with Gasteiger partial charge < -0.3 is 9.15 Å². The summed E-state index contributed by atoms with van der Waals surface area (Å²) in [6.45, 7) is 1.59. The smallest absolute Gasteiger partial charge is 0.358 e. The average molecular weight is 457 g/mol. The highest BCUT2D eigenvalue weighted by molar-refractivity contribution is 7.13. The Morgan fingerprint density at radius 1 is 1.19 bits per heavy atom. The molecule has 0 radical (unpaired) electrons. The molecule has 0 aliphatic carbocycles. The van der Waals surface area contributed by atoms with Crippen molar-refractivity contribution in [1.29, 1.82) is 0 Å². The van der Waals surface area contributed by atoms with Crippen LogP contribution in [0.15, 0.2) is 58.3 Å². The van der Waals surface area contributed by atoms with Crippen molar-refractivity contribution >= 4 is 34.6 Å². The summed E-state index contributed by atoms with van der Waals surface area (Å²) >= 11 is 7.30. The Morgan fingerprint density at radius 3 is 2.68 bits per heavy atom. The largest absolute Gasteiger partial charge is 0.448 e. The molecule has 2 heterocycles. The Labute approximate surface area is 184 Å². The van der Waals surface area contributed by atoms with E-state index in [1.165, 1.54) is 35.6 Å². The zero-order valence-electron chi connectivity index (χ0n) is 15.9. The fraction of sp³-hybridized carbons (Fsp3) is 0.100. The number of benzene rings is 2. The second-order valence-electron chi connectivity index (χ2n) is 6.35. The molecular formula is C20H13ClN4O5S. The van der Waals surface area contributed by atoms with Crippen LogP contribution in [0.25, 0.3) is 22.0 Å². The minimum Gasteiger partial charge on any atom is -0.448 e. The van der Waals surface area contributed by atoms with Gasteiger partial charge in [0.15, 0.2) is 11.8 Å². The molecule has 1 unspecified atom stereocenters. The van der Waals surface area contributed by atoms with Crippen LogP contribution in [0.4, 0.5) is 5.69 Å². The maximum atomic E-state index is 12.5. The Hall–Kier alpha value is -3.63. The molecule has 0 bridgehead atoms. The summed E-state index contributed by atoms with van der Waals surface area (Å²) in [4.78, 5) is 27.0. The van der Waals surface area contributed by atoms with E-state index < -0.39 is 17.0 Å². The van der Waals surface area contributed by atoms with E-state index in [-0.39, 0.29) is 23.2 Å². The number of nitrogens with zero attached hydrogens (tertiary/aromatic N) is 4. The molecule has 9 nitrogen and oxygen atoms in total. The third-order valence-corrected chi connectivity index (χ3v) is 5.31. The summed E-state index contributed by atoms with van der Waals surface area (Å²) in [6.07, 6.45) is -0.817. The molecule has 31 heavy (non-hydrogen) atoms. The van der Waals surface area contributed by atoms with E-state index in [1.54, 1.807) is 30.5 Å². The third-order valence-electron chi connectivity index (χ3n) is 4.18. The standard InChI is InChI=1S/C20H13ClN4O5S/c1-11(17-23-24-18(30-17)12-5-7-15(8-6-12)25(27)28)29-20(26)16-10-31-19(22-16)13-3-2-4-14(21)9-13/h2-11H,1H3. The predicted octanol–water partition coefficient (Wildman–Crippen LogP) is 5.34. The number of thiazole rings is 1. The van der Waals surface area contributed by atoms with Crippen molar-refractivity contribution in [3.8, 4) is 22.0 Å². The lowest BCUT2D eigenvalue weighted by Gasteiger charge is -2.07. The first-order chi connectivity index (χ1) is 14.9. The fourth-order valence-electron chi connectivity index (χ4n) is 2.63. The number of carbonyl (C=O) groups excluding carboxylic acids is 1. The van der Waals surface area contributed by atoms with Gasteiger partial charge in [-0.1, -0.05) is 23.7 Å². The number of esters is 1. The molecule has 11 heteroatoms. The van der Waals surface area contributed by atoms with Gasteiger partial charge in [-0.25, -0.2) is 9.78 Å². The number of ether oxygens (including phenoxy) is 1. The summed E-state index contributed by atoms with van der Waals surface area (Å²) < 4.78 is 10.9. The number of aromatic nitrogens is 3. The van der Waals surface area contributed by atoms with Gasteiger partial charge in [0.2, 0.25) is 5.89 Å². The average Bonchev–Trinajstić information content (AvgIpc) is 3.44. The molecule has 0 aliphatic heterocycles. The van der Waals surface area contributed by atoms with E-state index in [9.17, 15) is 14.9 Å². The van der Waals surface area contributed by atoms with E-state index in [4.69, 9.17) is 20.8 Å². The van der Waals surface area contributed by atoms with Gasteiger partial charge in [-0.3, -0.25) is 10.1 Å². The number of rotatable bonds is 6. The Bertz CT molecular complexity index is 1250. The van der Waals surface area contributed by atoms with Gasteiger partial charge in [-0.2, -0.15) is 0 Å². The Balaban J connectivity index is 1.44. The number of carbonyl (C=O) groups is 1. The Kier molecular flexibility index (Phi) is 5.74. The topological polar surface area (TPSA) is 121 Å². The van der Waals surface area contributed by atoms with E-state index >= 15 is 0 Å². The van der Waals surface area contributed by atoms with Crippen LogP contribution in [0.3, 0.4) is 0 Å². The van der Waals surface area contributed by atoms with Gasteiger partial charge in [0, 0.05) is 33.7 Å². The van der Waals surface area contributed by atoms with Crippen LogP contribution in [-0.4, -0.2) is 26.1 Å². The predicted molar refractivity (Wildman–Crippen MR) is 113 cm³/mol. The quantitative estimate of drug-likeness (QED) is 0.216. The molecule has 156 valence electrons. The highest BCUT2D eigenvalue weighted by atomic mass is 35.5. The molecular weight excluding hydrogens is 444 g/mol. The number of hydrogen-bond acceptors (Lipinski definition) is 9. The number of hydrogen-bond donors (Lipinski definition) is 0. The van der Waals surface area contributed by atoms with Gasteiger partial charge in [0.1, 0.15) is 5.01 Å². The Morgan fingerprint density at radius 2 is 1.97 bits per heavy atom. The monoisotopic (exact) mass is 456 g/mol. The summed E-state index contributed by atoms with van der Waals surface area (Å²) in [5, 5.41) is 21.4. The molecule has 0 amide bonds. The first kappa shape index (κ1) is 20.6. The third kappa shape index (κ3) is 4.60. The SMILES string of the molecule is CC(OC(=O)c1csc(-c2cccc(Cl)c2)n1)c1nnc(-c2ccc([N+](=O)[O-])cc2)o1.